The van der Waals surface area contributed by atoms with E-state index in [1.807, 2.05) is 36.0 Å². The summed E-state index contributed by atoms with van der Waals surface area (Å²) < 4.78 is 1.98. The van der Waals surface area contributed by atoms with Gasteiger partial charge in [-0.3, -0.25) is 0 Å². The number of anilines is 1. The summed E-state index contributed by atoms with van der Waals surface area (Å²) in [6, 6.07) is 12.5. The third-order valence-corrected chi connectivity index (χ3v) is 3.76. The first-order chi connectivity index (χ1) is 10.1. The molecule has 4 nitrogen and oxygen atoms in total. The Morgan fingerprint density at radius 1 is 1.19 bits per heavy atom. The van der Waals surface area contributed by atoms with Gasteiger partial charge in [-0.1, -0.05) is 17.7 Å². The normalized spacial score (nSPS) is 10.8. The molecule has 21 heavy (non-hydrogen) atoms. The maximum absolute atomic E-state index is 10.9. The van der Waals surface area contributed by atoms with Gasteiger partial charge in [0.15, 0.2) is 0 Å². The van der Waals surface area contributed by atoms with E-state index in [1.54, 1.807) is 24.3 Å². The first-order valence-electron chi connectivity index (χ1n) is 6.43. The van der Waals surface area contributed by atoms with Gasteiger partial charge in [-0.05, 0) is 36.4 Å². The Morgan fingerprint density at radius 2 is 1.90 bits per heavy atom. The predicted octanol–water partition coefficient (Wildman–Crippen LogP) is 4.02. The largest absolute Gasteiger partial charge is 0.478 e. The monoisotopic (exact) mass is 300 g/mol. The lowest BCUT2D eigenvalue weighted by atomic mass is 10.2. The lowest BCUT2D eigenvalue weighted by Crippen LogP contribution is -1.97. The summed E-state index contributed by atoms with van der Waals surface area (Å²) in [5, 5.41) is 13.7. The van der Waals surface area contributed by atoms with Crippen LogP contribution in [0.15, 0.2) is 48.7 Å². The number of hydrogen-bond acceptors (Lipinski definition) is 2. The van der Waals surface area contributed by atoms with Crippen LogP contribution in [0.3, 0.4) is 0 Å². The minimum atomic E-state index is -0.933. The average Bonchev–Trinajstić information content (AvgIpc) is 2.87. The number of benzene rings is 2. The van der Waals surface area contributed by atoms with E-state index in [0.29, 0.717) is 5.02 Å². The molecule has 0 radical (unpaired) electrons. The number of rotatable bonds is 3. The van der Waals surface area contributed by atoms with E-state index in [-0.39, 0.29) is 5.56 Å². The van der Waals surface area contributed by atoms with Gasteiger partial charge in [0.1, 0.15) is 0 Å². The van der Waals surface area contributed by atoms with Gasteiger partial charge >= 0.3 is 5.97 Å². The average molecular weight is 301 g/mol. The molecule has 1 aromatic heterocycles. The lowest BCUT2D eigenvalue weighted by molar-refractivity contribution is 0.0697. The molecule has 2 aromatic carbocycles. The van der Waals surface area contributed by atoms with Crippen molar-refractivity contribution >= 4 is 34.2 Å². The summed E-state index contributed by atoms with van der Waals surface area (Å²) in [7, 11) is 1.84. The number of fused-ring (bicyclic) bond motifs is 1. The molecule has 2 N–H and O–H groups in total. The second-order valence-electron chi connectivity index (χ2n) is 4.65. The number of hydrogen-bond donors (Lipinski definition) is 2. The van der Waals surface area contributed by atoms with Gasteiger partial charge in [-0.15, -0.1) is 0 Å². The zero-order valence-electron chi connectivity index (χ0n) is 11.3. The van der Waals surface area contributed by atoms with Crippen LogP contribution in [-0.4, -0.2) is 22.7 Å². The van der Waals surface area contributed by atoms with Crippen LogP contribution < -0.4 is 5.32 Å². The number of halogens is 1. The van der Waals surface area contributed by atoms with Crippen molar-refractivity contribution in [2.75, 3.05) is 12.4 Å². The highest BCUT2D eigenvalue weighted by molar-refractivity contribution is 6.36. The van der Waals surface area contributed by atoms with E-state index < -0.39 is 5.97 Å². The first kappa shape index (κ1) is 13.5. The SMILES string of the molecule is CNc1cn(-c2ccc(C(=O)O)cc2)c2cccc(Cl)c12. The zero-order chi connectivity index (χ0) is 15.0. The minimum absolute atomic E-state index is 0.266. The van der Waals surface area contributed by atoms with E-state index in [0.717, 1.165) is 22.3 Å². The van der Waals surface area contributed by atoms with E-state index in [1.165, 1.54) is 0 Å². The summed E-state index contributed by atoms with van der Waals surface area (Å²) in [4.78, 5) is 10.9. The fraction of sp³-hybridized carbons (Fsp3) is 0.0625. The number of aromatic nitrogens is 1. The van der Waals surface area contributed by atoms with Crippen LogP contribution in [0, 0.1) is 0 Å². The molecule has 0 unspecified atom stereocenters. The third-order valence-electron chi connectivity index (χ3n) is 3.44. The second-order valence-corrected chi connectivity index (χ2v) is 5.06. The topological polar surface area (TPSA) is 54.3 Å². The highest BCUT2D eigenvalue weighted by Gasteiger charge is 2.12. The molecule has 0 aliphatic carbocycles. The molecular weight excluding hydrogens is 288 g/mol. The molecular formula is C16H13ClN2O2. The Morgan fingerprint density at radius 3 is 2.52 bits per heavy atom. The smallest absolute Gasteiger partial charge is 0.335 e. The van der Waals surface area contributed by atoms with Crippen LogP contribution in [0.5, 0.6) is 0 Å². The van der Waals surface area contributed by atoms with Crippen molar-refractivity contribution in [2.45, 2.75) is 0 Å². The van der Waals surface area contributed by atoms with Gasteiger partial charge < -0.3 is 15.0 Å². The molecule has 0 amide bonds. The first-order valence-corrected chi connectivity index (χ1v) is 6.80. The lowest BCUT2D eigenvalue weighted by Gasteiger charge is -2.05. The molecule has 0 aliphatic rings. The molecule has 0 spiro atoms. The number of carbonyl (C=O) groups is 1. The van der Waals surface area contributed by atoms with E-state index in [4.69, 9.17) is 16.7 Å². The maximum Gasteiger partial charge on any atom is 0.335 e. The standard InChI is InChI=1S/C16H13ClN2O2/c1-18-13-9-19(14-4-2-3-12(17)15(13)14)11-7-5-10(6-8-11)16(20)21/h2-9,18H,1H3,(H,20,21). The van der Waals surface area contributed by atoms with Crippen molar-refractivity contribution in [2.24, 2.45) is 0 Å². The Balaban J connectivity index is 2.20. The quantitative estimate of drug-likeness (QED) is 0.768. The van der Waals surface area contributed by atoms with Crippen molar-refractivity contribution in [3.8, 4) is 5.69 Å². The number of nitrogens with one attached hydrogen (secondary N) is 1. The van der Waals surface area contributed by atoms with Crippen LogP contribution in [0.4, 0.5) is 5.69 Å². The third kappa shape index (κ3) is 2.23. The molecule has 1 heterocycles. The molecule has 5 heteroatoms. The minimum Gasteiger partial charge on any atom is -0.478 e. The van der Waals surface area contributed by atoms with Crippen LogP contribution in [0.25, 0.3) is 16.6 Å². The highest BCUT2D eigenvalue weighted by Crippen LogP contribution is 2.33. The highest BCUT2D eigenvalue weighted by atomic mass is 35.5. The summed E-state index contributed by atoms with van der Waals surface area (Å²) in [5.41, 5.74) is 3.05. The summed E-state index contributed by atoms with van der Waals surface area (Å²) in [5.74, 6) is -0.933. The molecule has 3 rings (SSSR count). The van der Waals surface area contributed by atoms with Gasteiger partial charge in [-0.25, -0.2) is 4.79 Å². The molecule has 3 aromatic rings. The van der Waals surface area contributed by atoms with Gasteiger partial charge in [0, 0.05) is 24.3 Å². The Bertz CT molecular complexity index is 822. The molecule has 106 valence electrons. The van der Waals surface area contributed by atoms with Crippen molar-refractivity contribution in [1.29, 1.82) is 0 Å². The fourth-order valence-corrected chi connectivity index (χ4v) is 2.68. The second kappa shape index (κ2) is 5.14. The van der Waals surface area contributed by atoms with Crippen LogP contribution in [0.1, 0.15) is 10.4 Å². The van der Waals surface area contributed by atoms with Gasteiger partial charge in [0.2, 0.25) is 0 Å². The Hall–Kier alpha value is -2.46. The fourth-order valence-electron chi connectivity index (χ4n) is 2.41. The number of nitrogens with zero attached hydrogens (tertiary/aromatic N) is 1. The van der Waals surface area contributed by atoms with Gasteiger partial charge in [0.25, 0.3) is 0 Å². The molecule has 0 aliphatic heterocycles. The number of aromatic carboxylic acids is 1. The molecule has 0 atom stereocenters. The number of carboxylic acids is 1. The van der Waals surface area contributed by atoms with Crippen LogP contribution in [0.2, 0.25) is 5.02 Å². The molecule has 0 bridgehead atoms. The van der Waals surface area contributed by atoms with Gasteiger partial charge in [-0.2, -0.15) is 0 Å². The van der Waals surface area contributed by atoms with Gasteiger partial charge in [0.05, 0.1) is 21.8 Å². The summed E-state index contributed by atoms with van der Waals surface area (Å²) in [6.45, 7) is 0. The van der Waals surface area contributed by atoms with Crippen molar-refractivity contribution in [3.05, 3.63) is 59.2 Å². The molecule has 0 saturated carbocycles. The zero-order valence-corrected chi connectivity index (χ0v) is 12.1. The maximum atomic E-state index is 10.9. The predicted molar refractivity (Wildman–Crippen MR) is 84.8 cm³/mol. The Labute approximate surface area is 126 Å². The summed E-state index contributed by atoms with van der Waals surface area (Å²) in [6.07, 6.45) is 1.95. The van der Waals surface area contributed by atoms with E-state index in [2.05, 4.69) is 5.32 Å². The Kier molecular flexibility index (Phi) is 3.31. The van der Waals surface area contributed by atoms with Crippen molar-refractivity contribution in [3.63, 3.8) is 0 Å². The van der Waals surface area contributed by atoms with E-state index in [9.17, 15) is 4.79 Å². The summed E-state index contributed by atoms with van der Waals surface area (Å²) >= 11 is 6.28. The van der Waals surface area contributed by atoms with E-state index >= 15 is 0 Å². The molecule has 0 fully saturated rings. The van der Waals surface area contributed by atoms with Crippen molar-refractivity contribution < 1.29 is 9.90 Å². The van der Waals surface area contributed by atoms with Crippen molar-refractivity contribution in [1.82, 2.24) is 4.57 Å². The van der Waals surface area contributed by atoms with Crippen LogP contribution in [-0.2, 0) is 0 Å². The van der Waals surface area contributed by atoms with Crippen LogP contribution >= 0.6 is 11.6 Å². The molecule has 0 saturated heterocycles. The number of carboxylic acid groups (broad SMARTS) is 1.